The van der Waals surface area contributed by atoms with Gasteiger partial charge in [-0.3, -0.25) is 0 Å². The monoisotopic (exact) mass is 227 g/mol. The van der Waals surface area contributed by atoms with Crippen LogP contribution >= 0.6 is 0 Å². The van der Waals surface area contributed by atoms with Crippen LogP contribution in [0.1, 0.15) is 44.5 Å². The largest absolute Gasteiger partial charge is 0.373 e. The highest BCUT2D eigenvalue weighted by Crippen LogP contribution is 2.17. The molecule has 2 N–H and O–H groups in total. The highest BCUT2D eigenvalue weighted by molar-refractivity contribution is 4.91. The topological polar surface area (TPSA) is 74.2 Å². The van der Waals surface area contributed by atoms with E-state index in [-0.39, 0.29) is 6.10 Å². The molecule has 0 saturated heterocycles. The zero-order chi connectivity index (χ0) is 12.0. The summed E-state index contributed by atoms with van der Waals surface area (Å²) in [5.74, 6) is 1.80. The molecule has 0 spiro atoms. The van der Waals surface area contributed by atoms with Gasteiger partial charge in [-0.2, -0.15) is 4.98 Å². The Kier molecular flexibility index (Phi) is 5.42. The lowest BCUT2D eigenvalue weighted by atomic mass is 10.1. The van der Waals surface area contributed by atoms with Crippen LogP contribution in [0.15, 0.2) is 4.52 Å². The predicted molar refractivity (Wildman–Crippen MR) is 60.9 cm³/mol. The summed E-state index contributed by atoms with van der Waals surface area (Å²) in [7, 11) is 1.65. The molecule has 0 aliphatic heterocycles. The molecule has 5 heteroatoms. The third-order valence-electron chi connectivity index (χ3n) is 2.68. The Balaban J connectivity index is 2.51. The van der Waals surface area contributed by atoms with Crippen molar-refractivity contribution in [3.63, 3.8) is 0 Å². The van der Waals surface area contributed by atoms with Crippen molar-refractivity contribution in [2.24, 2.45) is 11.7 Å². The van der Waals surface area contributed by atoms with Gasteiger partial charge in [-0.05, 0) is 25.3 Å². The molecule has 0 radical (unpaired) electrons. The minimum absolute atomic E-state index is 0.0653. The van der Waals surface area contributed by atoms with Crippen molar-refractivity contribution < 1.29 is 9.26 Å². The van der Waals surface area contributed by atoms with E-state index in [4.69, 9.17) is 15.0 Å². The molecule has 16 heavy (non-hydrogen) atoms. The number of rotatable bonds is 7. The maximum absolute atomic E-state index is 5.55. The molecule has 2 atom stereocenters. The molecule has 1 aromatic rings. The molecule has 2 unspecified atom stereocenters. The fraction of sp³-hybridized carbons (Fsp3) is 0.818. The van der Waals surface area contributed by atoms with Gasteiger partial charge in [0.1, 0.15) is 6.10 Å². The fourth-order valence-corrected chi connectivity index (χ4v) is 1.44. The third kappa shape index (κ3) is 3.57. The van der Waals surface area contributed by atoms with Gasteiger partial charge >= 0.3 is 0 Å². The van der Waals surface area contributed by atoms with Gasteiger partial charge < -0.3 is 15.0 Å². The van der Waals surface area contributed by atoms with Crippen LogP contribution in [0.3, 0.4) is 0 Å². The second-order valence-electron chi connectivity index (χ2n) is 4.06. The van der Waals surface area contributed by atoms with E-state index in [2.05, 4.69) is 17.1 Å². The van der Waals surface area contributed by atoms with E-state index < -0.39 is 0 Å². The van der Waals surface area contributed by atoms with Gasteiger partial charge in [0.25, 0.3) is 0 Å². The Bertz CT molecular complexity index is 297. The summed E-state index contributed by atoms with van der Waals surface area (Å²) in [5.41, 5.74) is 5.55. The molecule has 0 saturated carbocycles. The molecular formula is C11H21N3O2. The molecule has 0 bridgehead atoms. The highest BCUT2D eigenvalue weighted by atomic mass is 16.5. The summed E-state index contributed by atoms with van der Waals surface area (Å²) >= 11 is 0. The minimum Gasteiger partial charge on any atom is -0.373 e. The molecule has 1 rings (SSSR count). The number of nitrogens with zero attached hydrogens (tertiary/aromatic N) is 2. The van der Waals surface area contributed by atoms with Crippen LogP contribution in [0.5, 0.6) is 0 Å². The molecule has 1 aromatic heterocycles. The number of aromatic nitrogens is 2. The Morgan fingerprint density at radius 3 is 2.81 bits per heavy atom. The van der Waals surface area contributed by atoms with E-state index >= 15 is 0 Å². The molecular weight excluding hydrogens is 206 g/mol. The zero-order valence-electron chi connectivity index (χ0n) is 10.3. The van der Waals surface area contributed by atoms with Crippen LogP contribution in [0.2, 0.25) is 0 Å². The van der Waals surface area contributed by atoms with Gasteiger partial charge in [-0.25, -0.2) is 0 Å². The van der Waals surface area contributed by atoms with E-state index in [0.29, 0.717) is 24.2 Å². The summed E-state index contributed by atoms with van der Waals surface area (Å²) in [5, 5.41) is 3.92. The summed E-state index contributed by atoms with van der Waals surface area (Å²) in [4.78, 5) is 4.31. The lowest BCUT2D eigenvalue weighted by molar-refractivity contribution is 0.0903. The molecule has 0 aromatic carbocycles. The zero-order valence-corrected chi connectivity index (χ0v) is 10.3. The SMILES string of the molecule is CCC(OC)c1noc(CCC(C)CN)n1. The summed E-state index contributed by atoms with van der Waals surface area (Å²) in [6.07, 6.45) is 2.53. The van der Waals surface area contributed by atoms with E-state index in [1.165, 1.54) is 0 Å². The van der Waals surface area contributed by atoms with Crippen LogP contribution in [0.25, 0.3) is 0 Å². The smallest absolute Gasteiger partial charge is 0.226 e. The molecule has 0 fully saturated rings. The molecule has 1 heterocycles. The van der Waals surface area contributed by atoms with Crippen molar-refractivity contribution in [1.82, 2.24) is 10.1 Å². The van der Waals surface area contributed by atoms with Crippen molar-refractivity contribution in [2.75, 3.05) is 13.7 Å². The van der Waals surface area contributed by atoms with E-state index in [0.717, 1.165) is 19.3 Å². The van der Waals surface area contributed by atoms with Crippen LogP contribution in [0, 0.1) is 5.92 Å². The maximum atomic E-state index is 5.55. The van der Waals surface area contributed by atoms with Gasteiger partial charge in [-0.15, -0.1) is 0 Å². The van der Waals surface area contributed by atoms with Crippen LogP contribution in [-0.2, 0) is 11.2 Å². The van der Waals surface area contributed by atoms with Gasteiger partial charge in [0, 0.05) is 13.5 Å². The Morgan fingerprint density at radius 1 is 1.50 bits per heavy atom. The van der Waals surface area contributed by atoms with Crippen molar-refractivity contribution in [2.45, 2.75) is 39.2 Å². The normalized spacial score (nSPS) is 15.0. The standard InChI is InChI=1S/C11H21N3O2/c1-4-9(15-3)11-13-10(16-14-11)6-5-8(2)7-12/h8-9H,4-7,12H2,1-3H3. The van der Waals surface area contributed by atoms with Gasteiger partial charge in [-0.1, -0.05) is 19.0 Å². The van der Waals surface area contributed by atoms with Crippen molar-refractivity contribution in [3.05, 3.63) is 11.7 Å². The molecule has 92 valence electrons. The van der Waals surface area contributed by atoms with Crippen molar-refractivity contribution in [3.8, 4) is 0 Å². The molecule has 0 aliphatic rings. The molecule has 0 aliphatic carbocycles. The number of hydrogen-bond acceptors (Lipinski definition) is 5. The second kappa shape index (κ2) is 6.60. The first-order valence-electron chi connectivity index (χ1n) is 5.76. The fourth-order valence-electron chi connectivity index (χ4n) is 1.44. The van der Waals surface area contributed by atoms with Crippen LogP contribution in [-0.4, -0.2) is 23.8 Å². The van der Waals surface area contributed by atoms with Crippen molar-refractivity contribution >= 4 is 0 Å². The number of methoxy groups -OCH3 is 1. The van der Waals surface area contributed by atoms with E-state index in [1.807, 2.05) is 6.92 Å². The quantitative estimate of drug-likeness (QED) is 0.767. The molecule has 5 nitrogen and oxygen atoms in total. The van der Waals surface area contributed by atoms with Crippen molar-refractivity contribution in [1.29, 1.82) is 0 Å². The lowest BCUT2D eigenvalue weighted by Crippen LogP contribution is -2.11. The number of ether oxygens (including phenoxy) is 1. The molecule has 0 amide bonds. The van der Waals surface area contributed by atoms with Gasteiger partial charge in [0.2, 0.25) is 11.7 Å². The average Bonchev–Trinajstić information content (AvgIpc) is 2.76. The lowest BCUT2D eigenvalue weighted by Gasteiger charge is -2.06. The second-order valence-corrected chi connectivity index (χ2v) is 4.06. The minimum atomic E-state index is -0.0653. The Labute approximate surface area is 96.4 Å². The Morgan fingerprint density at radius 2 is 2.25 bits per heavy atom. The van der Waals surface area contributed by atoms with E-state index in [1.54, 1.807) is 7.11 Å². The highest BCUT2D eigenvalue weighted by Gasteiger charge is 2.15. The van der Waals surface area contributed by atoms with Gasteiger partial charge in [0.05, 0.1) is 0 Å². The maximum Gasteiger partial charge on any atom is 0.226 e. The van der Waals surface area contributed by atoms with Crippen LogP contribution < -0.4 is 5.73 Å². The van der Waals surface area contributed by atoms with Crippen LogP contribution in [0.4, 0.5) is 0 Å². The first kappa shape index (κ1) is 13.1. The summed E-state index contributed by atoms with van der Waals surface area (Å²) < 4.78 is 10.4. The summed E-state index contributed by atoms with van der Waals surface area (Å²) in [6, 6.07) is 0. The summed E-state index contributed by atoms with van der Waals surface area (Å²) in [6.45, 7) is 4.83. The first-order valence-corrected chi connectivity index (χ1v) is 5.76. The number of hydrogen-bond donors (Lipinski definition) is 1. The first-order chi connectivity index (χ1) is 7.71. The Hall–Kier alpha value is -0.940. The third-order valence-corrected chi connectivity index (χ3v) is 2.68. The number of nitrogens with two attached hydrogens (primary N) is 1. The predicted octanol–water partition coefficient (Wildman–Crippen LogP) is 1.69. The number of aryl methyl sites for hydroxylation is 1. The van der Waals surface area contributed by atoms with Gasteiger partial charge in [0.15, 0.2) is 0 Å². The van der Waals surface area contributed by atoms with E-state index in [9.17, 15) is 0 Å². The average molecular weight is 227 g/mol.